The van der Waals surface area contributed by atoms with Crippen LogP contribution in [0.1, 0.15) is 37.8 Å². The van der Waals surface area contributed by atoms with E-state index in [0.717, 1.165) is 0 Å². The number of benzene rings is 3. The molecule has 4 nitrogen and oxygen atoms in total. The second-order valence-electron chi connectivity index (χ2n) is 8.86. The molecule has 182 valence electrons. The largest absolute Gasteiger partial charge is 0.395 e. The van der Waals surface area contributed by atoms with Crippen LogP contribution in [0.5, 0.6) is 0 Å². The molecular weight excluding hydrogens is 455 g/mol. The monoisotopic (exact) mass is 481 g/mol. The minimum absolute atomic E-state index is 0.125. The summed E-state index contributed by atoms with van der Waals surface area (Å²) in [5, 5.41) is 9.57. The Balaban J connectivity index is 1.89. The zero-order valence-electron chi connectivity index (χ0n) is 19.3. The van der Waals surface area contributed by atoms with Crippen molar-refractivity contribution in [2.24, 2.45) is 11.8 Å². The number of aliphatic hydroxyl groups excluding tert-OH is 1. The maximum atomic E-state index is 14.6. The van der Waals surface area contributed by atoms with Crippen LogP contribution in [-0.4, -0.2) is 47.8 Å². The molecule has 0 saturated carbocycles. The first kappa shape index (κ1) is 24.8. The number of likely N-dealkylation sites (tertiary alicyclic amines) is 1. The van der Waals surface area contributed by atoms with Crippen LogP contribution in [0.3, 0.4) is 0 Å². The van der Waals surface area contributed by atoms with Crippen molar-refractivity contribution in [2.45, 2.75) is 12.8 Å². The van der Waals surface area contributed by atoms with Crippen LogP contribution in [0, 0.1) is 36.2 Å². The highest BCUT2D eigenvalue weighted by Gasteiger charge is 2.46. The summed E-state index contributed by atoms with van der Waals surface area (Å²) < 4.78 is 43.9. The Morgan fingerprint density at radius 3 is 1.77 bits per heavy atom. The van der Waals surface area contributed by atoms with E-state index >= 15 is 0 Å². The number of carbonyl (C=O) groups excluding carboxylic acids is 2. The van der Waals surface area contributed by atoms with E-state index in [1.54, 1.807) is 30.0 Å². The van der Waals surface area contributed by atoms with Crippen LogP contribution in [-0.2, 0) is 0 Å². The summed E-state index contributed by atoms with van der Waals surface area (Å²) in [5.74, 6) is -5.58. The van der Waals surface area contributed by atoms with Crippen molar-refractivity contribution in [2.75, 3.05) is 26.2 Å². The molecule has 0 spiro atoms. The lowest BCUT2D eigenvalue weighted by Crippen LogP contribution is -2.51. The second-order valence-corrected chi connectivity index (χ2v) is 8.86. The van der Waals surface area contributed by atoms with Crippen LogP contribution >= 0.6 is 0 Å². The number of β-amino-alcohol motifs (C(OH)–C–C–N with tert-alkyl or cyclic N) is 1. The van der Waals surface area contributed by atoms with Gasteiger partial charge in [0.2, 0.25) is 0 Å². The van der Waals surface area contributed by atoms with E-state index in [9.17, 15) is 27.9 Å². The molecule has 4 rings (SSSR count). The zero-order valence-corrected chi connectivity index (χ0v) is 19.3. The summed E-state index contributed by atoms with van der Waals surface area (Å²) in [4.78, 5) is 29.2. The molecule has 2 atom stereocenters. The van der Waals surface area contributed by atoms with Crippen molar-refractivity contribution < 1.29 is 27.9 Å². The molecule has 1 aliphatic heterocycles. The number of carbonyl (C=O) groups is 2. The molecule has 35 heavy (non-hydrogen) atoms. The van der Waals surface area contributed by atoms with Crippen molar-refractivity contribution in [3.05, 3.63) is 106 Å². The Kier molecular flexibility index (Phi) is 7.48. The van der Waals surface area contributed by atoms with Gasteiger partial charge >= 0.3 is 0 Å². The van der Waals surface area contributed by atoms with Crippen LogP contribution < -0.4 is 0 Å². The predicted molar refractivity (Wildman–Crippen MR) is 126 cm³/mol. The molecule has 3 aromatic carbocycles. The van der Waals surface area contributed by atoms with Crippen molar-refractivity contribution in [3.63, 3.8) is 0 Å². The average Bonchev–Trinajstić information content (AvgIpc) is 2.85. The molecule has 1 N–H and O–H groups in total. The van der Waals surface area contributed by atoms with E-state index in [-0.39, 0.29) is 42.9 Å². The van der Waals surface area contributed by atoms with Crippen LogP contribution in [0.2, 0.25) is 0 Å². The number of hydrogen-bond acceptors (Lipinski definition) is 4. The lowest BCUT2D eigenvalue weighted by atomic mass is 9.67. The third-order valence-corrected chi connectivity index (χ3v) is 6.81. The van der Waals surface area contributed by atoms with Crippen molar-refractivity contribution in [1.82, 2.24) is 4.90 Å². The quantitative estimate of drug-likeness (QED) is 0.493. The smallest absolute Gasteiger partial charge is 0.170 e. The standard InChI is InChI=1S/C28H26F3NO3/c1-17-18(9-6-12-23(17)29)26-21(27(34)19-7-2-4-10-24(19)30)15-32(13-14-33)16-22(26)28(35)20-8-3-5-11-25(20)31/h2-12,21-22,26,33H,13-16H2,1H3/t21-,22-/m0/s1. The SMILES string of the molecule is Cc1c(F)cccc1C1[C@@H](C(=O)c2ccccc2F)CN(CCO)C[C@@H]1C(=O)c1ccccc1F. The second kappa shape index (κ2) is 10.5. The van der Waals surface area contributed by atoms with Gasteiger partial charge in [-0.05, 0) is 48.4 Å². The van der Waals surface area contributed by atoms with Gasteiger partial charge in [-0.3, -0.25) is 14.5 Å². The normalized spacial score (nSPS) is 19.0. The van der Waals surface area contributed by atoms with Gasteiger partial charge in [-0.25, -0.2) is 13.2 Å². The predicted octanol–water partition coefficient (Wildman–Crippen LogP) is 4.80. The molecule has 0 amide bonds. The van der Waals surface area contributed by atoms with Crippen LogP contribution in [0.25, 0.3) is 0 Å². The molecule has 0 bridgehead atoms. The number of aliphatic hydroxyl groups is 1. The van der Waals surface area contributed by atoms with E-state index in [4.69, 9.17) is 0 Å². The maximum absolute atomic E-state index is 14.6. The van der Waals surface area contributed by atoms with Gasteiger partial charge in [-0.2, -0.15) is 0 Å². The molecule has 1 heterocycles. The lowest BCUT2D eigenvalue weighted by molar-refractivity contribution is 0.0525. The van der Waals surface area contributed by atoms with Crippen LogP contribution in [0.4, 0.5) is 13.2 Å². The first-order chi connectivity index (χ1) is 16.8. The number of Topliss-reactive ketones (excluding diaryl/α,β-unsaturated/α-hetero) is 2. The van der Waals surface area contributed by atoms with E-state index < -0.39 is 46.8 Å². The summed E-state index contributed by atoms with van der Waals surface area (Å²) in [6.07, 6.45) is 0. The van der Waals surface area contributed by atoms with Crippen molar-refractivity contribution >= 4 is 11.6 Å². The molecule has 1 saturated heterocycles. The van der Waals surface area contributed by atoms with Crippen molar-refractivity contribution in [3.8, 4) is 0 Å². The van der Waals surface area contributed by atoms with Gasteiger partial charge in [0.05, 0.1) is 17.7 Å². The highest BCUT2D eigenvalue weighted by Crippen LogP contribution is 2.42. The molecule has 0 radical (unpaired) electrons. The first-order valence-corrected chi connectivity index (χ1v) is 11.5. The fraction of sp³-hybridized carbons (Fsp3) is 0.286. The summed E-state index contributed by atoms with van der Waals surface area (Å²) in [7, 11) is 0. The van der Waals surface area contributed by atoms with Crippen molar-refractivity contribution in [1.29, 1.82) is 0 Å². The maximum Gasteiger partial charge on any atom is 0.170 e. The van der Waals surface area contributed by atoms with E-state index in [2.05, 4.69) is 0 Å². The number of nitrogens with zero attached hydrogens (tertiary/aromatic N) is 1. The fourth-order valence-corrected chi connectivity index (χ4v) is 5.09. The molecule has 0 aliphatic carbocycles. The third-order valence-electron chi connectivity index (χ3n) is 6.81. The lowest BCUT2D eigenvalue weighted by Gasteiger charge is -2.43. The molecular formula is C28H26F3NO3. The zero-order chi connectivity index (χ0) is 25.1. The van der Waals surface area contributed by atoms with E-state index in [1.165, 1.54) is 48.5 Å². The minimum atomic E-state index is -0.923. The summed E-state index contributed by atoms with van der Waals surface area (Å²) >= 11 is 0. The summed E-state index contributed by atoms with van der Waals surface area (Å²) in [6, 6.07) is 15.6. The summed E-state index contributed by atoms with van der Waals surface area (Å²) in [6.45, 7) is 1.80. The Hall–Kier alpha value is -3.29. The highest BCUT2D eigenvalue weighted by molar-refractivity contribution is 6.02. The van der Waals surface area contributed by atoms with Gasteiger partial charge in [0, 0.05) is 37.4 Å². The van der Waals surface area contributed by atoms with Gasteiger partial charge in [0.25, 0.3) is 0 Å². The topological polar surface area (TPSA) is 57.6 Å². The van der Waals surface area contributed by atoms with Gasteiger partial charge in [-0.15, -0.1) is 0 Å². The number of ketones is 2. The number of hydrogen-bond donors (Lipinski definition) is 1. The van der Waals surface area contributed by atoms with E-state index in [0.29, 0.717) is 5.56 Å². The molecule has 1 fully saturated rings. The van der Waals surface area contributed by atoms with Gasteiger partial charge in [-0.1, -0.05) is 36.4 Å². The summed E-state index contributed by atoms with van der Waals surface area (Å²) in [5.41, 5.74) is 0.489. The molecule has 3 aromatic rings. The van der Waals surface area contributed by atoms with Gasteiger partial charge in [0.15, 0.2) is 11.6 Å². The molecule has 1 aliphatic rings. The Bertz CT molecular complexity index is 1180. The first-order valence-electron chi connectivity index (χ1n) is 11.5. The Morgan fingerprint density at radius 1 is 0.800 bits per heavy atom. The van der Waals surface area contributed by atoms with Crippen LogP contribution in [0.15, 0.2) is 66.7 Å². The van der Waals surface area contributed by atoms with E-state index in [1.807, 2.05) is 0 Å². The molecule has 7 heteroatoms. The number of piperidine rings is 1. The Morgan fingerprint density at radius 2 is 1.29 bits per heavy atom. The average molecular weight is 482 g/mol. The van der Waals surface area contributed by atoms with Gasteiger partial charge in [0.1, 0.15) is 17.5 Å². The minimum Gasteiger partial charge on any atom is -0.395 e. The highest BCUT2D eigenvalue weighted by atomic mass is 19.1. The number of rotatable bonds is 7. The fourth-order valence-electron chi connectivity index (χ4n) is 5.09. The molecule has 0 aromatic heterocycles. The van der Waals surface area contributed by atoms with Gasteiger partial charge < -0.3 is 5.11 Å². The third kappa shape index (κ3) is 4.92. The number of halogens is 3. The Labute approximate surface area is 202 Å². The molecule has 0 unspecified atom stereocenters.